The SMILES string of the molecule is COC(=O)c1ccccc1Nc1cc(C)nc(NCc2ccc(Cl)cc2)n1. The highest BCUT2D eigenvalue weighted by molar-refractivity contribution is 6.30. The highest BCUT2D eigenvalue weighted by Gasteiger charge is 2.12. The smallest absolute Gasteiger partial charge is 0.339 e. The average Bonchev–Trinajstić information content (AvgIpc) is 2.67. The summed E-state index contributed by atoms with van der Waals surface area (Å²) in [7, 11) is 1.35. The molecule has 0 unspecified atom stereocenters. The zero-order chi connectivity index (χ0) is 19.2. The van der Waals surface area contributed by atoms with E-state index in [1.807, 2.05) is 43.3 Å². The lowest BCUT2D eigenvalue weighted by Crippen LogP contribution is -2.08. The third-order valence-corrected chi connectivity index (χ3v) is 4.07. The van der Waals surface area contributed by atoms with Crippen molar-refractivity contribution in [2.24, 2.45) is 0 Å². The number of para-hydroxylation sites is 1. The fourth-order valence-corrected chi connectivity index (χ4v) is 2.64. The second-order valence-electron chi connectivity index (χ2n) is 5.86. The molecule has 0 atom stereocenters. The molecule has 0 aliphatic rings. The molecule has 1 aromatic heterocycles. The molecule has 3 aromatic rings. The van der Waals surface area contributed by atoms with Gasteiger partial charge in [-0.05, 0) is 36.8 Å². The Labute approximate surface area is 162 Å². The molecule has 0 aliphatic carbocycles. The van der Waals surface area contributed by atoms with E-state index >= 15 is 0 Å². The second-order valence-corrected chi connectivity index (χ2v) is 6.30. The zero-order valence-corrected chi connectivity index (χ0v) is 15.7. The third-order valence-electron chi connectivity index (χ3n) is 3.81. The van der Waals surface area contributed by atoms with E-state index in [4.69, 9.17) is 16.3 Å². The first-order valence-corrected chi connectivity index (χ1v) is 8.71. The first kappa shape index (κ1) is 18.7. The minimum atomic E-state index is -0.412. The Bertz CT molecular complexity index is 945. The van der Waals surface area contributed by atoms with Crippen molar-refractivity contribution in [3.63, 3.8) is 0 Å². The van der Waals surface area contributed by atoms with Crippen LogP contribution in [0.2, 0.25) is 5.02 Å². The number of nitrogens with zero attached hydrogens (tertiary/aromatic N) is 2. The molecule has 0 aliphatic heterocycles. The molecule has 7 heteroatoms. The van der Waals surface area contributed by atoms with Crippen molar-refractivity contribution in [1.82, 2.24) is 9.97 Å². The molecule has 0 amide bonds. The number of hydrogen-bond acceptors (Lipinski definition) is 6. The third kappa shape index (κ3) is 4.95. The molecule has 2 aromatic carbocycles. The van der Waals surface area contributed by atoms with E-state index in [1.165, 1.54) is 7.11 Å². The second kappa shape index (κ2) is 8.51. The number of esters is 1. The molecule has 0 spiro atoms. The molecule has 0 fully saturated rings. The van der Waals surface area contributed by atoms with Crippen molar-refractivity contribution in [3.05, 3.63) is 76.4 Å². The van der Waals surface area contributed by atoms with Gasteiger partial charge in [0.25, 0.3) is 0 Å². The first-order valence-electron chi connectivity index (χ1n) is 8.33. The van der Waals surface area contributed by atoms with Gasteiger partial charge in [-0.3, -0.25) is 0 Å². The molecule has 27 heavy (non-hydrogen) atoms. The number of halogens is 1. The summed E-state index contributed by atoms with van der Waals surface area (Å²) in [5.41, 5.74) is 2.91. The standard InChI is InChI=1S/C20H19ClN4O2/c1-13-11-18(24-17-6-4-3-5-16(17)19(26)27-2)25-20(23-13)22-12-14-7-9-15(21)10-8-14/h3-11H,12H2,1-2H3,(H2,22,23,24,25). The van der Waals surface area contributed by atoms with Gasteiger partial charge in [0.15, 0.2) is 0 Å². The summed E-state index contributed by atoms with van der Waals surface area (Å²) in [6.07, 6.45) is 0. The Morgan fingerprint density at radius 3 is 2.59 bits per heavy atom. The summed E-state index contributed by atoms with van der Waals surface area (Å²) >= 11 is 5.91. The van der Waals surface area contributed by atoms with Crippen molar-refractivity contribution >= 4 is 35.0 Å². The average molecular weight is 383 g/mol. The van der Waals surface area contributed by atoms with Gasteiger partial charge >= 0.3 is 5.97 Å². The summed E-state index contributed by atoms with van der Waals surface area (Å²) in [6, 6.07) is 16.5. The molecular weight excluding hydrogens is 364 g/mol. The Hall–Kier alpha value is -3.12. The predicted molar refractivity (Wildman–Crippen MR) is 107 cm³/mol. The van der Waals surface area contributed by atoms with Gasteiger partial charge in [-0.1, -0.05) is 35.9 Å². The number of carbonyl (C=O) groups is 1. The van der Waals surface area contributed by atoms with Crippen LogP contribution >= 0.6 is 11.6 Å². The molecule has 3 rings (SSSR count). The normalized spacial score (nSPS) is 10.3. The van der Waals surface area contributed by atoms with Crippen LogP contribution in [0, 0.1) is 6.92 Å². The van der Waals surface area contributed by atoms with E-state index in [9.17, 15) is 4.79 Å². The van der Waals surface area contributed by atoms with Crippen LogP contribution in [0.5, 0.6) is 0 Å². The molecule has 6 nitrogen and oxygen atoms in total. The van der Waals surface area contributed by atoms with Crippen molar-refractivity contribution in [3.8, 4) is 0 Å². The van der Waals surface area contributed by atoms with Crippen molar-refractivity contribution in [2.75, 3.05) is 17.7 Å². The number of rotatable bonds is 6. The fraction of sp³-hybridized carbons (Fsp3) is 0.150. The molecule has 1 heterocycles. The predicted octanol–water partition coefficient (Wildman–Crippen LogP) is 4.58. The topological polar surface area (TPSA) is 76.1 Å². The minimum absolute atomic E-state index is 0.412. The zero-order valence-electron chi connectivity index (χ0n) is 15.0. The van der Waals surface area contributed by atoms with Gasteiger partial charge in [0.05, 0.1) is 18.4 Å². The van der Waals surface area contributed by atoms with E-state index in [-0.39, 0.29) is 0 Å². The van der Waals surface area contributed by atoms with Crippen molar-refractivity contribution < 1.29 is 9.53 Å². The molecule has 0 saturated carbocycles. The summed E-state index contributed by atoms with van der Waals surface area (Å²) in [4.78, 5) is 20.8. The Morgan fingerprint density at radius 2 is 1.85 bits per heavy atom. The minimum Gasteiger partial charge on any atom is -0.465 e. The van der Waals surface area contributed by atoms with E-state index in [0.717, 1.165) is 11.3 Å². The Balaban J connectivity index is 1.78. The first-order chi connectivity index (χ1) is 13.0. The number of aryl methyl sites for hydroxylation is 1. The molecular formula is C20H19ClN4O2. The number of carbonyl (C=O) groups excluding carboxylic acids is 1. The highest BCUT2D eigenvalue weighted by atomic mass is 35.5. The monoisotopic (exact) mass is 382 g/mol. The van der Waals surface area contributed by atoms with Crippen molar-refractivity contribution in [1.29, 1.82) is 0 Å². The van der Waals surface area contributed by atoms with Gasteiger partial charge in [-0.2, -0.15) is 4.98 Å². The number of ether oxygens (including phenoxy) is 1. The Morgan fingerprint density at radius 1 is 1.11 bits per heavy atom. The largest absolute Gasteiger partial charge is 0.465 e. The molecule has 0 saturated heterocycles. The van der Waals surface area contributed by atoms with Gasteiger partial charge < -0.3 is 15.4 Å². The van der Waals surface area contributed by atoms with Gasteiger partial charge in [-0.25, -0.2) is 9.78 Å². The van der Waals surface area contributed by atoms with Gasteiger partial charge in [-0.15, -0.1) is 0 Å². The van der Waals surface area contributed by atoms with Crippen LogP contribution < -0.4 is 10.6 Å². The molecule has 2 N–H and O–H groups in total. The van der Waals surface area contributed by atoms with E-state index in [2.05, 4.69) is 20.6 Å². The van der Waals surface area contributed by atoms with Crippen LogP contribution in [0.25, 0.3) is 0 Å². The van der Waals surface area contributed by atoms with Gasteiger partial charge in [0.2, 0.25) is 5.95 Å². The number of benzene rings is 2. The number of nitrogens with one attached hydrogen (secondary N) is 2. The number of hydrogen-bond donors (Lipinski definition) is 2. The van der Waals surface area contributed by atoms with Gasteiger partial charge in [0.1, 0.15) is 5.82 Å². The maximum atomic E-state index is 11.9. The van der Waals surface area contributed by atoms with E-state index < -0.39 is 5.97 Å². The molecule has 0 radical (unpaired) electrons. The van der Waals surface area contributed by atoms with E-state index in [0.29, 0.717) is 34.6 Å². The number of aromatic nitrogens is 2. The fourth-order valence-electron chi connectivity index (χ4n) is 2.51. The number of methoxy groups -OCH3 is 1. The lowest BCUT2D eigenvalue weighted by atomic mass is 10.2. The summed E-state index contributed by atoms with van der Waals surface area (Å²) in [6.45, 7) is 2.45. The Kier molecular flexibility index (Phi) is 5.88. The summed E-state index contributed by atoms with van der Waals surface area (Å²) in [5, 5.41) is 7.06. The lowest BCUT2D eigenvalue weighted by molar-refractivity contribution is 0.0602. The number of anilines is 3. The van der Waals surface area contributed by atoms with E-state index in [1.54, 1.807) is 18.2 Å². The maximum absolute atomic E-state index is 11.9. The van der Waals surface area contributed by atoms with Crippen LogP contribution in [0.4, 0.5) is 17.5 Å². The highest BCUT2D eigenvalue weighted by Crippen LogP contribution is 2.22. The molecule has 138 valence electrons. The van der Waals surface area contributed by atoms with Crippen LogP contribution in [-0.4, -0.2) is 23.0 Å². The lowest BCUT2D eigenvalue weighted by Gasteiger charge is -2.12. The maximum Gasteiger partial charge on any atom is 0.339 e. The van der Waals surface area contributed by atoms with Crippen LogP contribution in [0.1, 0.15) is 21.6 Å². The molecule has 0 bridgehead atoms. The van der Waals surface area contributed by atoms with Crippen LogP contribution in [0.15, 0.2) is 54.6 Å². The quantitative estimate of drug-likeness (QED) is 0.608. The summed E-state index contributed by atoms with van der Waals surface area (Å²) < 4.78 is 4.82. The van der Waals surface area contributed by atoms with Crippen LogP contribution in [-0.2, 0) is 11.3 Å². The van der Waals surface area contributed by atoms with Crippen molar-refractivity contribution in [2.45, 2.75) is 13.5 Å². The summed E-state index contributed by atoms with van der Waals surface area (Å²) in [5.74, 6) is 0.658. The van der Waals surface area contributed by atoms with Gasteiger partial charge in [0, 0.05) is 23.3 Å². The van der Waals surface area contributed by atoms with Crippen LogP contribution in [0.3, 0.4) is 0 Å².